The molecule has 1 aliphatic heterocycles. The van der Waals surface area contributed by atoms with E-state index in [0.717, 1.165) is 0 Å². The molecule has 0 aliphatic carbocycles. The number of nitrogens with one attached hydrogen (secondary N) is 2. The Morgan fingerprint density at radius 2 is 2.00 bits per heavy atom. The molecule has 0 spiro atoms. The third kappa shape index (κ3) is 2.43. The van der Waals surface area contributed by atoms with Crippen LogP contribution in [0.3, 0.4) is 0 Å². The van der Waals surface area contributed by atoms with E-state index in [0.29, 0.717) is 6.54 Å². The molecule has 1 saturated heterocycles. The lowest BCUT2D eigenvalue weighted by molar-refractivity contribution is 0.247. The normalized spacial score (nSPS) is 20.0. The van der Waals surface area contributed by atoms with E-state index in [4.69, 9.17) is 0 Å². The number of hydrogen-bond acceptors (Lipinski definition) is 1. The van der Waals surface area contributed by atoms with Gasteiger partial charge in [-0.25, -0.2) is 4.79 Å². The van der Waals surface area contributed by atoms with Crippen LogP contribution in [0.4, 0.5) is 4.79 Å². The Hall–Kier alpha value is -1.51. The minimum Gasteiger partial charge on any atom is -0.336 e. The fourth-order valence-corrected chi connectivity index (χ4v) is 2.18. The summed E-state index contributed by atoms with van der Waals surface area (Å²) >= 11 is 0. The van der Waals surface area contributed by atoms with Gasteiger partial charge in [-0.3, -0.25) is 0 Å². The molecule has 1 aromatic rings. The average Bonchev–Trinajstić information content (AvgIpc) is 2.63. The maximum Gasteiger partial charge on any atom is 0.315 e. The van der Waals surface area contributed by atoms with E-state index in [1.807, 2.05) is 0 Å². The van der Waals surface area contributed by atoms with Crippen molar-refractivity contribution in [3.63, 3.8) is 0 Å². The number of hydrogen-bond donors (Lipinski definition) is 2. The van der Waals surface area contributed by atoms with Gasteiger partial charge in [-0.2, -0.15) is 0 Å². The smallest absolute Gasteiger partial charge is 0.315 e. The highest BCUT2D eigenvalue weighted by molar-refractivity contribution is 5.77. The quantitative estimate of drug-likeness (QED) is 0.768. The summed E-state index contributed by atoms with van der Waals surface area (Å²) in [6.45, 7) is 9.41. The first kappa shape index (κ1) is 12.0. The highest BCUT2D eigenvalue weighted by atomic mass is 16.2. The monoisotopic (exact) mass is 232 g/mol. The molecule has 0 saturated carbocycles. The second-order valence-corrected chi connectivity index (χ2v) is 5.73. The molecule has 0 radical (unpaired) electrons. The largest absolute Gasteiger partial charge is 0.336 e. The fraction of sp³-hybridized carbons (Fsp3) is 0.500. The van der Waals surface area contributed by atoms with Gasteiger partial charge in [0.15, 0.2) is 0 Å². The summed E-state index contributed by atoms with van der Waals surface area (Å²) in [5, 5.41) is 5.71. The number of aryl methyl sites for hydroxylation is 1. The highest BCUT2D eigenvalue weighted by Gasteiger charge is 2.23. The zero-order valence-corrected chi connectivity index (χ0v) is 10.9. The number of amides is 2. The molecule has 17 heavy (non-hydrogen) atoms. The lowest BCUT2D eigenvalue weighted by Gasteiger charge is -2.21. The van der Waals surface area contributed by atoms with Gasteiger partial charge >= 0.3 is 6.03 Å². The first-order chi connectivity index (χ1) is 7.88. The second kappa shape index (κ2) is 4.06. The maximum absolute atomic E-state index is 11.1. The van der Waals surface area contributed by atoms with Gasteiger partial charge in [-0.1, -0.05) is 39.0 Å². The van der Waals surface area contributed by atoms with Crippen LogP contribution in [0.15, 0.2) is 18.2 Å². The Morgan fingerprint density at radius 3 is 2.47 bits per heavy atom. The van der Waals surface area contributed by atoms with Gasteiger partial charge in [0.05, 0.1) is 6.04 Å². The first-order valence-corrected chi connectivity index (χ1v) is 6.03. The van der Waals surface area contributed by atoms with Crippen molar-refractivity contribution in [1.82, 2.24) is 10.6 Å². The lowest BCUT2D eigenvalue weighted by Crippen LogP contribution is -2.22. The van der Waals surface area contributed by atoms with Gasteiger partial charge in [-0.05, 0) is 29.0 Å². The minimum absolute atomic E-state index is 0.0747. The topological polar surface area (TPSA) is 41.1 Å². The SMILES string of the molecule is Cc1cc(C(C)(C)C)ccc1C1CNC(=O)N1. The molecule has 2 rings (SSSR count). The number of rotatable bonds is 1. The molecule has 1 unspecified atom stereocenters. The summed E-state index contributed by atoms with van der Waals surface area (Å²) in [7, 11) is 0. The fourth-order valence-electron chi connectivity index (χ4n) is 2.18. The van der Waals surface area contributed by atoms with Gasteiger partial charge in [0.25, 0.3) is 0 Å². The van der Waals surface area contributed by atoms with Crippen LogP contribution < -0.4 is 10.6 Å². The van der Waals surface area contributed by atoms with E-state index < -0.39 is 0 Å². The van der Waals surface area contributed by atoms with Gasteiger partial charge in [0.2, 0.25) is 0 Å². The summed E-state index contributed by atoms with van der Waals surface area (Å²) < 4.78 is 0. The van der Waals surface area contributed by atoms with E-state index in [1.54, 1.807) is 0 Å². The molecule has 1 fully saturated rings. The molecule has 1 atom stereocenters. The Labute approximate surface area is 103 Å². The van der Waals surface area contributed by atoms with Crippen LogP contribution in [-0.2, 0) is 5.41 Å². The van der Waals surface area contributed by atoms with Gasteiger partial charge in [0.1, 0.15) is 0 Å². The zero-order chi connectivity index (χ0) is 12.6. The highest BCUT2D eigenvalue weighted by Crippen LogP contribution is 2.27. The maximum atomic E-state index is 11.1. The van der Waals surface area contributed by atoms with Crippen molar-refractivity contribution in [2.45, 2.75) is 39.2 Å². The van der Waals surface area contributed by atoms with E-state index in [9.17, 15) is 4.79 Å². The van der Waals surface area contributed by atoms with Crippen LogP contribution >= 0.6 is 0 Å². The second-order valence-electron chi connectivity index (χ2n) is 5.73. The molecule has 3 heteroatoms. The summed E-state index contributed by atoms with van der Waals surface area (Å²) in [5.74, 6) is 0. The van der Waals surface area contributed by atoms with Gasteiger partial charge in [0, 0.05) is 6.54 Å². The van der Waals surface area contributed by atoms with E-state index in [2.05, 4.69) is 56.5 Å². The van der Waals surface area contributed by atoms with Gasteiger partial charge < -0.3 is 10.6 Å². The zero-order valence-electron chi connectivity index (χ0n) is 10.9. The Balaban J connectivity index is 2.29. The Morgan fingerprint density at radius 1 is 1.29 bits per heavy atom. The van der Waals surface area contributed by atoms with E-state index in [-0.39, 0.29) is 17.5 Å². The predicted octanol–water partition coefficient (Wildman–Crippen LogP) is 2.65. The van der Waals surface area contributed by atoms with Crippen molar-refractivity contribution >= 4 is 6.03 Å². The molecule has 1 aliphatic rings. The van der Waals surface area contributed by atoms with Crippen LogP contribution in [-0.4, -0.2) is 12.6 Å². The van der Waals surface area contributed by atoms with Crippen LogP contribution in [0, 0.1) is 6.92 Å². The average molecular weight is 232 g/mol. The van der Waals surface area contributed by atoms with Crippen LogP contribution in [0.5, 0.6) is 0 Å². The molecule has 1 heterocycles. The first-order valence-electron chi connectivity index (χ1n) is 6.03. The lowest BCUT2D eigenvalue weighted by atomic mass is 9.84. The molecular formula is C14H20N2O. The molecule has 1 aromatic carbocycles. The molecule has 0 bridgehead atoms. The van der Waals surface area contributed by atoms with E-state index in [1.165, 1.54) is 16.7 Å². The summed E-state index contributed by atoms with van der Waals surface area (Å²) in [4.78, 5) is 11.1. The molecule has 2 amide bonds. The standard InChI is InChI=1S/C14H20N2O/c1-9-7-10(14(2,3)4)5-6-11(9)12-8-15-13(17)16-12/h5-7,12H,8H2,1-4H3,(H2,15,16,17). The van der Waals surface area contributed by atoms with Crippen molar-refractivity contribution < 1.29 is 4.79 Å². The number of urea groups is 1. The Bertz CT molecular complexity index is 446. The van der Waals surface area contributed by atoms with Crippen molar-refractivity contribution in [2.75, 3.05) is 6.54 Å². The molecular weight excluding hydrogens is 212 g/mol. The van der Waals surface area contributed by atoms with Crippen LogP contribution in [0.1, 0.15) is 43.5 Å². The number of carbonyl (C=O) groups is 1. The van der Waals surface area contributed by atoms with Crippen molar-refractivity contribution in [2.24, 2.45) is 0 Å². The van der Waals surface area contributed by atoms with Crippen LogP contribution in [0.25, 0.3) is 0 Å². The Kier molecular flexibility index (Phi) is 2.86. The third-order valence-electron chi connectivity index (χ3n) is 3.28. The predicted molar refractivity (Wildman–Crippen MR) is 69.2 cm³/mol. The molecule has 92 valence electrons. The summed E-state index contributed by atoms with van der Waals surface area (Å²) in [5.41, 5.74) is 3.94. The van der Waals surface area contributed by atoms with E-state index >= 15 is 0 Å². The van der Waals surface area contributed by atoms with Crippen LogP contribution in [0.2, 0.25) is 0 Å². The third-order valence-corrected chi connectivity index (χ3v) is 3.28. The van der Waals surface area contributed by atoms with Crippen molar-refractivity contribution in [1.29, 1.82) is 0 Å². The summed E-state index contributed by atoms with van der Waals surface area (Å²) in [6.07, 6.45) is 0. The summed E-state index contributed by atoms with van der Waals surface area (Å²) in [6, 6.07) is 6.55. The molecule has 0 aromatic heterocycles. The number of benzene rings is 1. The number of carbonyl (C=O) groups excluding carboxylic acids is 1. The minimum atomic E-state index is -0.0747. The molecule has 2 N–H and O–H groups in total. The van der Waals surface area contributed by atoms with Crippen molar-refractivity contribution in [3.05, 3.63) is 34.9 Å². The van der Waals surface area contributed by atoms with Gasteiger partial charge in [-0.15, -0.1) is 0 Å². The van der Waals surface area contributed by atoms with Crippen molar-refractivity contribution in [3.8, 4) is 0 Å². The molecule has 3 nitrogen and oxygen atoms in total.